The molecule has 1 fully saturated rings. The van der Waals surface area contributed by atoms with E-state index in [4.69, 9.17) is 4.74 Å². The molecule has 1 N–H and O–H groups in total. The number of likely N-dealkylation sites (tertiary alicyclic amines) is 1. The third kappa shape index (κ3) is 5.59. The van der Waals surface area contributed by atoms with Crippen LogP contribution in [0, 0.1) is 0 Å². The van der Waals surface area contributed by atoms with E-state index in [9.17, 15) is 8.42 Å². The first kappa shape index (κ1) is 17.2. The first-order chi connectivity index (χ1) is 10.5. The Bertz CT molecular complexity index is 569. The van der Waals surface area contributed by atoms with Crippen LogP contribution in [-0.4, -0.2) is 46.1 Å². The van der Waals surface area contributed by atoms with Gasteiger partial charge in [-0.05, 0) is 50.6 Å². The van der Waals surface area contributed by atoms with Crippen LogP contribution < -0.4 is 9.46 Å². The van der Waals surface area contributed by atoms with Crippen LogP contribution in [0.4, 0.5) is 0 Å². The number of ether oxygens (including phenoxy) is 1. The van der Waals surface area contributed by atoms with Crippen molar-refractivity contribution in [2.24, 2.45) is 0 Å². The van der Waals surface area contributed by atoms with Gasteiger partial charge in [-0.25, -0.2) is 13.1 Å². The van der Waals surface area contributed by atoms with Crippen LogP contribution in [0.5, 0.6) is 5.75 Å². The molecule has 1 atom stereocenters. The van der Waals surface area contributed by atoms with Gasteiger partial charge in [-0.15, -0.1) is 0 Å². The van der Waals surface area contributed by atoms with Gasteiger partial charge in [-0.3, -0.25) is 0 Å². The van der Waals surface area contributed by atoms with Crippen LogP contribution in [0.15, 0.2) is 24.3 Å². The van der Waals surface area contributed by atoms with Gasteiger partial charge in [0, 0.05) is 12.6 Å². The summed E-state index contributed by atoms with van der Waals surface area (Å²) in [4.78, 5) is 2.34. The van der Waals surface area contributed by atoms with E-state index in [1.807, 2.05) is 13.0 Å². The van der Waals surface area contributed by atoms with Crippen LogP contribution in [0.2, 0.25) is 0 Å². The van der Waals surface area contributed by atoms with Crippen LogP contribution in [0.25, 0.3) is 0 Å². The summed E-state index contributed by atoms with van der Waals surface area (Å²) >= 11 is 0. The largest absolute Gasteiger partial charge is 0.497 e. The van der Waals surface area contributed by atoms with Crippen molar-refractivity contribution in [2.45, 2.75) is 38.0 Å². The lowest BCUT2D eigenvalue weighted by Gasteiger charge is -2.29. The fourth-order valence-corrected chi connectivity index (χ4v) is 4.29. The number of methoxy groups -OCH3 is 1. The number of hydrogen-bond donors (Lipinski definition) is 1. The quantitative estimate of drug-likeness (QED) is 0.832. The zero-order chi connectivity index (χ0) is 16.0. The summed E-state index contributed by atoms with van der Waals surface area (Å²) in [6.45, 7) is 4.85. The second kappa shape index (κ2) is 7.94. The van der Waals surface area contributed by atoms with Crippen molar-refractivity contribution in [3.63, 3.8) is 0 Å². The highest BCUT2D eigenvalue weighted by molar-refractivity contribution is 7.88. The third-order valence-corrected chi connectivity index (χ3v) is 5.33. The highest BCUT2D eigenvalue weighted by Crippen LogP contribution is 2.15. The molecule has 0 aliphatic carbocycles. The molecule has 0 bridgehead atoms. The van der Waals surface area contributed by atoms with Gasteiger partial charge in [0.05, 0.1) is 12.9 Å². The summed E-state index contributed by atoms with van der Waals surface area (Å²) in [7, 11) is -1.77. The number of hydrogen-bond acceptors (Lipinski definition) is 4. The fraction of sp³-hybridized carbons (Fsp3) is 0.625. The van der Waals surface area contributed by atoms with Gasteiger partial charge < -0.3 is 9.64 Å². The van der Waals surface area contributed by atoms with E-state index in [-0.39, 0.29) is 11.8 Å². The molecule has 0 amide bonds. The molecule has 2 rings (SSSR count). The van der Waals surface area contributed by atoms with Gasteiger partial charge in [0.15, 0.2) is 0 Å². The monoisotopic (exact) mass is 326 g/mol. The molecule has 1 aliphatic rings. The van der Waals surface area contributed by atoms with Gasteiger partial charge in [-0.2, -0.15) is 0 Å². The minimum Gasteiger partial charge on any atom is -0.497 e. The maximum absolute atomic E-state index is 12.3. The number of piperidine rings is 1. The first-order valence-electron chi connectivity index (χ1n) is 7.84. The summed E-state index contributed by atoms with van der Waals surface area (Å²) in [5, 5.41) is 0. The molecule has 5 nitrogen and oxygen atoms in total. The van der Waals surface area contributed by atoms with E-state index >= 15 is 0 Å². The number of sulfonamides is 1. The Morgan fingerprint density at radius 1 is 1.27 bits per heavy atom. The van der Waals surface area contributed by atoms with Crippen LogP contribution in [-0.2, 0) is 15.8 Å². The van der Waals surface area contributed by atoms with E-state index < -0.39 is 10.0 Å². The van der Waals surface area contributed by atoms with Crippen molar-refractivity contribution in [3.05, 3.63) is 29.8 Å². The SMILES string of the molecule is COc1cccc(CS(=O)(=O)NC(C)CN2CCCCC2)c1. The number of nitrogens with one attached hydrogen (secondary N) is 1. The molecular formula is C16H26N2O3S. The average Bonchev–Trinajstić information content (AvgIpc) is 2.47. The standard InChI is InChI=1S/C16H26N2O3S/c1-14(12-18-9-4-3-5-10-18)17-22(19,20)13-15-7-6-8-16(11-15)21-2/h6-8,11,14,17H,3-5,9-10,12-13H2,1-2H3. The molecule has 0 saturated carbocycles. The van der Waals surface area contributed by atoms with Crippen molar-refractivity contribution in [1.82, 2.24) is 9.62 Å². The molecular weight excluding hydrogens is 300 g/mol. The van der Waals surface area contributed by atoms with Crippen LogP contribution >= 0.6 is 0 Å². The molecule has 22 heavy (non-hydrogen) atoms. The first-order valence-corrected chi connectivity index (χ1v) is 9.49. The zero-order valence-corrected chi connectivity index (χ0v) is 14.2. The molecule has 1 unspecified atom stereocenters. The maximum Gasteiger partial charge on any atom is 0.216 e. The minimum absolute atomic E-state index is 0.0193. The predicted octanol–water partition coefficient (Wildman–Crippen LogP) is 1.99. The Morgan fingerprint density at radius 2 is 2.00 bits per heavy atom. The summed E-state index contributed by atoms with van der Waals surface area (Å²) < 4.78 is 32.5. The number of benzene rings is 1. The molecule has 1 aromatic rings. The van der Waals surface area contributed by atoms with Crippen LogP contribution in [0.1, 0.15) is 31.7 Å². The number of rotatable bonds is 7. The van der Waals surface area contributed by atoms with E-state index in [1.165, 1.54) is 19.3 Å². The maximum atomic E-state index is 12.3. The molecule has 1 heterocycles. The fourth-order valence-electron chi connectivity index (χ4n) is 2.90. The molecule has 124 valence electrons. The normalized spacial score (nSPS) is 18.1. The lowest BCUT2D eigenvalue weighted by molar-refractivity contribution is 0.215. The summed E-state index contributed by atoms with van der Waals surface area (Å²) in [5.74, 6) is 0.656. The molecule has 0 spiro atoms. The zero-order valence-electron chi connectivity index (χ0n) is 13.4. The predicted molar refractivity (Wildman–Crippen MR) is 88.5 cm³/mol. The Hall–Kier alpha value is -1.11. The second-order valence-electron chi connectivity index (χ2n) is 5.99. The highest BCUT2D eigenvalue weighted by Gasteiger charge is 2.19. The van der Waals surface area contributed by atoms with Crippen molar-refractivity contribution in [2.75, 3.05) is 26.7 Å². The van der Waals surface area contributed by atoms with E-state index in [0.717, 1.165) is 25.2 Å². The molecule has 1 aromatic carbocycles. The molecule has 6 heteroatoms. The molecule has 1 aliphatic heterocycles. The lowest BCUT2D eigenvalue weighted by atomic mass is 10.1. The van der Waals surface area contributed by atoms with Gasteiger partial charge in [0.1, 0.15) is 5.75 Å². The Labute approximate surface area is 133 Å². The summed E-state index contributed by atoms with van der Waals surface area (Å²) in [6, 6.07) is 7.10. The molecule has 0 radical (unpaired) electrons. The van der Waals surface area contributed by atoms with E-state index in [0.29, 0.717) is 5.75 Å². The third-order valence-electron chi connectivity index (χ3n) is 3.85. The van der Waals surface area contributed by atoms with Gasteiger partial charge in [0.25, 0.3) is 0 Å². The van der Waals surface area contributed by atoms with Crippen LogP contribution in [0.3, 0.4) is 0 Å². The molecule has 1 saturated heterocycles. The summed E-state index contributed by atoms with van der Waals surface area (Å²) in [6.07, 6.45) is 3.71. The number of nitrogens with zero attached hydrogens (tertiary/aromatic N) is 1. The molecule has 0 aromatic heterocycles. The smallest absolute Gasteiger partial charge is 0.216 e. The van der Waals surface area contributed by atoms with E-state index in [1.54, 1.807) is 25.3 Å². The highest BCUT2D eigenvalue weighted by atomic mass is 32.2. The second-order valence-corrected chi connectivity index (χ2v) is 7.74. The average molecular weight is 326 g/mol. The Balaban J connectivity index is 1.89. The Morgan fingerprint density at radius 3 is 2.68 bits per heavy atom. The van der Waals surface area contributed by atoms with E-state index in [2.05, 4.69) is 9.62 Å². The topological polar surface area (TPSA) is 58.6 Å². The van der Waals surface area contributed by atoms with Crippen molar-refractivity contribution in [1.29, 1.82) is 0 Å². The van der Waals surface area contributed by atoms with Gasteiger partial charge in [0.2, 0.25) is 10.0 Å². The van der Waals surface area contributed by atoms with Crippen molar-refractivity contribution >= 4 is 10.0 Å². The van der Waals surface area contributed by atoms with Crippen molar-refractivity contribution in [3.8, 4) is 5.75 Å². The van der Waals surface area contributed by atoms with Gasteiger partial charge in [-0.1, -0.05) is 18.6 Å². The van der Waals surface area contributed by atoms with Gasteiger partial charge >= 0.3 is 0 Å². The summed E-state index contributed by atoms with van der Waals surface area (Å²) in [5.41, 5.74) is 0.733. The van der Waals surface area contributed by atoms with Crippen molar-refractivity contribution < 1.29 is 13.2 Å². The Kier molecular flexibility index (Phi) is 6.23. The minimum atomic E-state index is -3.34. The lowest BCUT2D eigenvalue weighted by Crippen LogP contribution is -2.43.